The lowest BCUT2D eigenvalue weighted by molar-refractivity contribution is 0.669. The molecule has 0 saturated carbocycles. The summed E-state index contributed by atoms with van der Waals surface area (Å²) in [6, 6.07) is 34.3. The zero-order valence-electron chi connectivity index (χ0n) is 36.7. The van der Waals surface area contributed by atoms with Crippen molar-refractivity contribution >= 4 is 87.2 Å². The number of nitrogens with zero attached hydrogens (tertiary/aromatic N) is 4. The fourth-order valence-corrected chi connectivity index (χ4v) is 7.83. The lowest BCUT2D eigenvalue weighted by Gasteiger charge is -2.12. The largest absolute Gasteiger partial charge is 0.456 e. The lowest BCUT2D eigenvalue weighted by Crippen LogP contribution is -2.03. The second kappa shape index (κ2) is 10.6. The summed E-state index contributed by atoms with van der Waals surface area (Å²) in [4.78, 5) is 10.3. The molecule has 0 spiro atoms. The van der Waals surface area contributed by atoms with E-state index in [4.69, 9.17) is 21.2 Å². The van der Waals surface area contributed by atoms with Crippen LogP contribution in [0.15, 0.2) is 174 Å². The molecule has 8 aromatic carbocycles. The summed E-state index contributed by atoms with van der Waals surface area (Å²) in [6.07, 6.45) is 0. The highest BCUT2D eigenvalue weighted by Crippen LogP contribution is 2.41. The molecule has 0 fully saturated rings. The van der Waals surface area contributed by atoms with Crippen LogP contribution in [0, 0.1) is 0 Å². The second-order valence-electron chi connectivity index (χ2n) is 13.1. The van der Waals surface area contributed by atoms with Crippen LogP contribution >= 0.6 is 0 Å². The number of para-hydroxylation sites is 4. The molecule has 0 radical (unpaired) electrons. The van der Waals surface area contributed by atoms with E-state index < -0.39 is 36.3 Å². The van der Waals surface area contributed by atoms with Crippen molar-refractivity contribution in [3.05, 3.63) is 170 Å². The van der Waals surface area contributed by atoms with Crippen molar-refractivity contribution in [3.8, 4) is 22.9 Å². The molecule has 0 amide bonds. The summed E-state index contributed by atoms with van der Waals surface area (Å²) in [7, 11) is 0. The van der Waals surface area contributed by atoms with Gasteiger partial charge in [-0.1, -0.05) is 97.0 Å². The molecule has 0 aliphatic carbocycles. The molecular formula is C48H28N4O. The maximum atomic E-state index is 9.76. The van der Waals surface area contributed by atoms with E-state index in [0.29, 0.717) is 10.9 Å². The highest BCUT2D eigenvalue weighted by Gasteiger charge is 2.21. The number of hydrogen-bond donors (Lipinski definition) is 0. The predicted octanol–water partition coefficient (Wildman–Crippen LogP) is 12.5. The third-order valence-electron chi connectivity index (χ3n) is 10.1. The standard InChI is InChI=1S/C48H28N4O/c1-2-14-32(15-3-1)51-41-20-10-7-16-33(41)36-27-37-34-17-8-11-21-42(34)52(44(37)28-43(36)51)48-49-40-19-9-6-18-35(40)47(50-48)31-22-23-45-38(25-31)39-24-29-12-4-5-13-30(29)26-46(39)53-45/h1-28H/i4D,5D,12D,13D,22D,23D,24D,25D,26D. The smallest absolute Gasteiger partial charge is 0.235 e. The van der Waals surface area contributed by atoms with E-state index in [1.807, 2.05) is 71.3 Å². The van der Waals surface area contributed by atoms with E-state index in [9.17, 15) is 5.48 Å². The van der Waals surface area contributed by atoms with Gasteiger partial charge in [-0.25, -0.2) is 9.97 Å². The van der Waals surface area contributed by atoms with Gasteiger partial charge in [0.25, 0.3) is 0 Å². The van der Waals surface area contributed by atoms with Crippen LogP contribution in [0.5, 0.6) is 0 Å². The van der Waals surface area contributed by atoms with Gasteiger partial charge < -0.3 is 8.98 Å². The minimum absolute atomic E-state index is 0.0154. The Labute approximate surface area is 315 Å². The van der Waals surface area contributed by atoms with Crippen LogP contribution in [-0.4, -0.2) is 19.1 Å². The average molecular weight is 686 g/mol. The molecule has 5 heteroatoms. The quantitative estimate of drug-likeness (QED) is 0.186. The monoisotopic (exact) mass is 685 g/mol. The Balaban J connectivity index is 1.19. The first-order valence-electron chi connectivity index (χ1n) is 21.7. The van der Waals surface area contributed by atoms with Gasteiger partial charge in [0.05, 0.1) is 45.6 Å². The Bertz CT molecular complexity index is 3990. The minimum Gasteiger partial charge on any atom is -0.456 e. The summed E-state index contributed by atoms with van der Waals surface area (Å²) in [5, 5.41) is 4.18. The molecule has 12 rings (SSSR count). The van der Waals surface area contributed by atoms with E-state index in [2.05, 4.69) is 47.0 Å². The fourth-order valence-electron chi connectivity index (χ4n) is 7.83. The number of rotatable bonds is 3. The molecule has 12 aromatic rings. The first-order valence-corrected chi connectivity index (χ1v) is 17.2. The molecule has 0 bridgehead atoms. The van der Waals surface area contributed by atoms with Gasteiger partial charge in [-0.05, 0) is 83.4 Å². The SMILES string of the molecule is [2H]c1c(-c2nc(-n3c4ccccc4c4cc5c6ccccc6n(-c6ccccc6)c5cc43)nc3ccccc23)c([2H])c2c(oc3c([2H])c4c([2H])c([2H])c([2H])c([2H])c4c([2H])c32)c1[2H]. The van der Waals surface area contributed by atoms with Crippen molar-refractivity contribution in [3.63, 3.8) is 0 Å². The molecule has 4 heterocycles. The van der Waals surface area contributed by atoms with E-state index >= 15 is 0 Å². The van der Waals surface area contributed by atoms with Crippen LogP contribution in [0.2, 0.25) is 0 Å². The van der Waals surface area contributed by atoms with E-state index in [1.165, 1.54) is 0 Å². The molecular weight excluding hydrogens is 649 g/mol. The summed E-state index contributed by atoms with van der Waals surface area (Å²) in [5.41, 5.74) is 5.00. The molecule has 0 aliphatic heterocycles. The molecule has 53 heavy (non-hydrogen) atoms. The number of aromatic nitrogens is 4. The highest BCUT2D eigenvalue weighted by molar-refractivity contribution is 6.19. The maximum absolute atomic E-state index is 9.76. The van der Waals surface area contributed by atoms with Gasteiger partial charge in [-0.15, -0.1) is 0 Å². The van der Waals surface area contributed by atoms with Crippen molar-refractivity contribution < 1.29 is 16.8 Å². The summed E-state index contributed by atoms with van der Waals surface area (Å²) in [6.45, 7) is 0. The van der Waals surface area contributed by atoms with Crippen LogP contribution in [0.1, 0.15) is 12.3 Å². The van der Waals surface area contributed by atoms with Crippen molar-refractivity contribution in [2.24, 2.45) is 0 Å². The Hall–Kier alpha value is -7.24. The molecule has 246 valence electrons. The normalized spacial score (nSPS) is 14.5. The summed E-state index contributed by atoms with van der Waals surface area (Å²) in [5.74, 6) is 0.269. The van der Waals surface area contributed by atoms with Gasteiger partial charge in [0, 0.05) is 49.0 Å². The van der Waals surface area contributed by atoms with Gasteiger partial charge in [0.2, 0.25) is 5.95 Å². The van der Waals surface area contributed by atoms with Gasteiger partial charge in [0.15, 0.2) is 0 Å². The van der Waals surface area contributed by atoms with E-state index in [-0.39, 0.29) is 68.0 Å². The Kier molecular flexibility index (Phi) is 4.26. The predicted molar refractivity (Wildman–Crippen MR) is 218 cm³/mol. The third kappa shape index (κ3) is 4.07. The molecule has 5 nitrogen and oxygen atoms in total. The van der Waals surface area contributed by atoms with Crippen molar-refractivity contribution in [2.75, 3.05) is 0 Å². The lowest BCUT2D eigenvalue weighted by atomic mass is 10.0. The van der Waals surface area contributed by atoms with Crippen molar-refractivity contribution in [1.82, 2.24) is 19.1 Å². The number of furan rings is 1. The Morgan fingerprint density at radius 1 is 0.472 bits per heavy atom. The topological polar surface area (TPSA) is 48.8 Å². The first kappa shape index (κ1) is 21.2. The maximum Gasteiger partial charge on any atom is 0.235 e. The van der Waals surface area contributed by atoms with Crippen molar-refractivity contribution in [1.29, 1.82) is 0 Å². The van der Waals surface area contributed by atoms with Crippen LogP contribution in [0.4, 0.5) is 0 Å². The number of fused-ring (bicyclic) bond motifs is 11. The zero-order chi connectivity index (χ0) is 42.5. The molecule has 0 N–H and O–H groups in total. The number of hydrogen-bond acceptors (Lipinski definition) is 3. The van der Waals surface area contributed by atoms with Gasteiger partial charge in [-0.3, -0.25) is 4.57 Å². The zero-order valence-corrected chi connectivity index (χ0v) is 27.7. The van der Waals surface area contributed by atoms with Crippen LogP contribution in [0.25, 0.3) is 110 Å². The number of benzene rings is 8. The van der Waals surface area contributed by atoms with Crippen molar-refractivity contribution in [2.45, 2.75) is 0 Å². The molecule has 4 aromatic heterocycles. The minimum atomic E-state index is -0.559. The second-order valence-corrected chi connectivity index (χ2v) is 13.1. The van der Waals surface area contributed by atoms with Gasteiger partial charge in [0.1, 0.15) is 11.2 Å². The van der Waals surface area contributed by atoms with Crippen LogP contribution < -0.4 is 0 Å². The summed E-state index contributed by atoms with van der Waals surface area (Å²) >= 11 is 0. The molecule has 0 saturated heterocycles. The third-order valence-corrected chi connectivity index (χ3v) is 10.1. The van der Waals surface area contributed by atoms with Gasteiger partial charge in [-0.2, -0.15) is 0 Å². The van der Waals surface area contributed by atoms with E-state index in [0.717, 1.165) is 49.3 Å². The Morgan fingerprint density at radius 3 is 1.91 bits per heavy atom. The van der Waals surface area contributed by atoms with Crippen LogP contribution in [-0.2, 0) is 0 Å². The Morgan fingerprint density at radius 2 is 1.11 bits per heavy atom. The molecule has 0 atom stereocenters. The van der Waals surface area contributed by atoms with Gasteiger partial charge >= 0.3 is 0 Å². The average Bonchev–Trinajstić information content (AvgIpc) is 3.96. The summed E-state index contributed by atoms with van der Waals surface area (Å²) < 4.78 is 90.8. The highest BCUT2D eigenvalue weighted by atomic mass is 16.3. The first-order chi connectivity index (χ1) is 30.0. The molecule has 0 unspecified atom stereocenters. The molecule has 0 aliphatic rings. The fraction of sp³-hybridized carbons (Fsp3) is 0. The van der Waals surface area contributed by atoms with E-state index in [1.54, 1.807) is 6.07 Å². The van der Waals surface area contributed by atoms with Crippen LogP contribution in [0.3, 0.4) is 0 Å².